The Morgan fingerprint density at radius 2 is 2.12 bits per heavy atom. The van der Waals surface area contributed by atoms with Crippen LogP contribution in [0, 0.1) is 0 Å². The summed E-state index contributed by atoms with van der Waals surface area (Å²) in [5.41, 5.74) is 1.55. The summed E-state index contributed by atoms with van der Waals surface area (Å²) < 4.78 is 5.82. The van der Waals surface area contributed by atoms with Crippen LogP contribution in [-0.4, -0.2) is 35.2 Å². The molecule has 0 aromatic heterocycles. The summed E-state index contributed by atoms with van der Waals surface area (Å²) in [6.45, 7) is 1.27. The summed E-state index contributed by atoms with van der Waals surface area (Å²) in [6, 6.07) is 14.5. The number of likely N-dealkylation sites (tertiary alicyclic amines) is 1. The maximum absolute atomic E-state index is 12.3. The van der Waals surface area contributed by atoms with Crippen LogP contribution in [0.5, 0.6) is 5.75 Å². The molecule has 1 aliphatic rings. The summed E-state index contributed by atoms with van der Waals surface area (Å²) in [5.74, 6) is 0.588. The summed E-state index contributed by atoms with van der Waals surface area (Å²) >= 11 is 5.97. The highest BCUT2D eigenvalue weighted by molar-refractivity contribution is 6.30. The minimum absolute atomic E-state index is 0.231. The number of para-hydroxylation sites is 2. The van der Waals surface area contributed by atoms with Gasteiger partial charge in [0.15, 0.2) is 0 Å². The van der Waals surface area contributed by atoms with Crippen molar-refractivity contribution >= 4 is 23.3 Å². The molecule has 0 bridgehead atoms. The summed E-state index contributed by atoms with van der Waals surface area (Å²) in [4.78, 5) is 13.9. The maximum atomic E-state index is 12.3. The molecule has 0 radical (unpaired) electrons. The van der Waals surface area contributed by atoms with E-state index >= 15 is 0 Å². The molecule has 1 heterocycles. The lowest BCUT2D eigenvalue weighted by Crippen LogP contribution is -2.33. The van der Waals surface area contributed by atoms with Crippen LogP contribution in [0.3, 0.4) is 0 Å². The quantitative estimate of drug-likeness (QED) is 0.890. The van der Waals surface area contributed by atoms with Crippen molar-refractivity contribution in [2.45, 2.75) is 19.1 Å². The Labute approximate surface area is 145 Å². The number of nitrogens with zero attached hydrogens (tertiary/aromatic N) is 1. The van der Waals surface area contributed by atoms with Crippen molar-refractivity contribution in [3.05, 3.63) is 59.1 Å². The first-order valence-corrected chi connectivity index (χ1v) is 8.20. The van der Waals surface area contributed by atoms with Crippen LogP contribution in [0.4, 0.5) is 10.5 Å². The van der Waals surface area contributed by atoms with Gasteiger partial charge in [-0.1, -0.05) is 35.9 Å². The third-order valence-electron chi connectivity index (χ3n) is 3.86. The van der Waals surface area contributed by atoms with Gasteiger partial charge in [0, 0.05) is 18.1 Å². The Morgan fingerprint density at radius 1 is 1.29 bits per heavy atom. The molecule has 1 fully saturated rings. The van der Waals surface area contributed by atoms with Crippen LogP contribution in [0.15, 0.2) is 48.5 Å². The van der Waals surface area contributed by atoms with E-state index in [0.29, 0.717) is 42.6 Å². The van der Waals surface area contributed by atoms with E-state index in [-0.39, 0.29) is 6.03 Å². The molecule has 3 rings (SSSR count). The molecule has 6 heteroatoms. The fraction of sp³-hybridized carbons (Fsp3) is 0.278. The number of carbonyl (C=O) groups is 1. The molecule has 2 N–H and O–H groups in total. The van der Waals surface area contributed by atoms with Crippen LogP contribution in [0.25, 0.3) is 0 Å². The highest BCUT2D eigenvalue weighted by Gasteiger charge is 2.24. The first-order chi connectivity index (χ1) is 11.6. The van der Waals surface area contributed by atoms with Crippen LogP contribution >= 0.6 is 11.6 Å². The molecule has 2 aromatic rings. The zero-order valence-corrected chi connectivity index (χ0v) is 13.9. The summed E-state index contributed by atoms with van der Waals surface area (Å²) in [6.07, 6.45) is 0.172. The van der Waals surface area contributed by atoms with Crippen molar-refractivity contribution in [1.29, 1.82) is 0 Å². The summed E-state index contributed by atoms with van der Waals surface area (Å²) in [7, 11) is 0. The monoisotopic (exact) mass is 346 g/mol. The second-order valence-electron chi connectivity index (χ2n) is 5.73. The number of hydrogen-bond acceptors (Lipinski definition) is 3. The zero-order valence-electron chi connectivity index (χ0n) is 13.1. The number of urea groups is 1. The van der Waals surface area contributed by atoms with Crippen molar-refractivity contribution in [2.75, 3.05) is 18.4 Å². The number of rotatable bonds is 4. The van der Waals surface area contributed by atoms with Crippen LogP contribution < -0.4 is 10.1 Å². The van der Waals surface area contributed by atoms with E-state index in [1.165, 1.54) is 0 Å². The lowest BCUT2D eigenvalue weighted by Gasteiger charge is -2.18. The van der Waals surface area contributed by atoms with Gasteiger partial charge in [-0.2, -0.15) is 0 Å². The maximum Gasteiger partial charge on any atom is 0.322 e. The molecule has 0 saturated carbocycles. The number of halogens is 1. The zero-order chi connectivity index (χ0) is 16.9. The van der Waals surface area contributed by atoms with Gasteiger partial charge in [-0.25, -0.2) is 4.79 Å². The smallest absolute Gasteiger partial charge is 0.322 e. The Hall–Kier alpha value is -2.24. The van der Waals surface area contributed by atoms with Gasteiger partial charge in [0.1, 0.15) is 12.4 Å². The van der Waals surface area contributed by atoms with Crippen LogP contribution in [0.1, 0.15) is 12.0 Å². The first kappa shape index (κ1) is 16.6. The van der Waals surface area contributed by atoms with Crippen LogP contribution in [0.2, 0.25) is 5.02 Å². The van der Waals surface area contributed by atoms with Gasteiger partial charge in [0.25, 0.3) is 0 Å². The van der Waals surface area contributed by atoms with E-state index in [4.69, 9.17) is 16.3 Å². The molecule has 24 heavy (non-hydrogen) atoms. The Bertz CT molecular complexity index is 723. The molecule has 5 nitrogen and oxygen atoms in total. The number of β-amino-alcohol motifs (C(OH)–C–C–N with tert-alkyl or cyclic N) is 1. The highest BCUT2D eigenvalue weighted by atomic mass is 35.5. The molecular weight excluding hydrogens is 328 g/mol. The predicted molar refractivity (Wildman–Crippen MR) is 93.4 cm³/mol. The second kappa shape index (κ2) is 7.55. The number of benzene rings is 2. The van der Waals surface area contributed by atoms with Crippen molar-refractivity contribution in [3.8, 4) is 5.75 Å². The van der Waals surface area contributed by atoms with Crippen molar-refractivity contribution < 1.29 is 14.6 Å². The minimum Gasteiger partial charge on any atom is -0.487 e. The van der Waals surface area contributed by atoms with E-state index in [0.717, 1.165) is 5.56 Å². The largest absolute Gasteiger partial charge is 0.487 e. The number of carbonyl (C=O) groups excluding carboxylic acids is 1. The fourth-order valence-corrected chi connectivity index (χ4v) is 2.82. The van der Waals surface area contributed by atoms with E-state index in [9.17, 15) is 9.90 Å². The number of aliphatic hydroxyl groups is 1. The molecule has 1 saturated heterocycles. The Morgan fingerprint density at radius 3 is 2.88 bits per heavy atom. The number of amides is 2. The van der Waals surface area contributed by atoms with Gasteiger partial charge >= 0.3 is 6.03 Å². The number of nitrogens with one attached hydrogen (secondary N) is 1. The lowest BCUT2D eigenvalue weighted by atomic mass is 10.2. The van der Waals surface area contributed by atoms with Crippen LogP contribution in [-0.2, 0) is 6.61 Å². The SMILES string of the molecule is O=C(Nc1ccccc1OCc1cccc(Cl)c1)N1CC[C@H](O)C1. The average Bonchev–Trinajstić information content (AvgIpc) is 3.01. The van der Waals surface area contributed by atoms with Gasteiger partial charge in [0.05, 0.1) is 11.8 Å². The molecule has 0 spiro atoms. The molecule has 0 unspecified atom stereocenters. The van der Waals surface area contributed by atoms with Crippen molar-refractivity contribution in [2.24, 2.45) is 0 Å². The third kappa shape index (κ3) is 4.19. The Kier molecular flexibility index (Phi) is 5.23. The van der Waals surface area contributed by atoms with Crippen molar-refractivity contribution in [3.63, 3.8) is 0 Å². The third-order valence-corrected chi connectivity index (χ3v) is 4.10. The van der Waals surface area contributed by atoms with E-state index < -0.39 is 6.10 Å². The number of hydrogen-bond donors (Lipinski definition) is 2. The van der Waals surface area contributed by atoms with Gasteiger partial charge < -0.3 is 20.1 Å². The van der Waals surface area contributed by atoms with Crippen molar-refractivity contribution in [1.82, 2.24) is 4.90 Å². The molecule has 1 atom stereocenters. The van der Waals surface area contributed by atoms with Gasteiger partial charge in [0.2, 0.25) is 0 Å². The molecule has 2 amide bonds. The van der Waals surface area contributed by atoms with Gasteiger partial charge in [-0.15, -0.1) is 0 Å². The van der Waals surface area contributed by atoms with Gasteiger partial charge in [-0.05, 0) is 36.2 Å². The topological polar surface area (TPSA) is 61.8 Å². The molecule has 1 aliphatic heterocycles. The van der Waals surface area contributed by atoms with E-state index in [1.807, 2.05) is 36.4 Å². The molecule has 0 aliphatic carbocycles. The first-order valence-electron chi connectivity index (χ1n) is 7.82. The molecule has 2 aromatic carbocycles. The highest BCUT2D eigenvalue weighted by Crippen LogP contribution is 2.26. The number of anilines is 1. The molecular formula is C18H19ClN2O3. The predicted octanol–water partition coefficient (Wildman–Crippen LogP) is 3.52. The second-order valence-corrected chi connectivity index (χ2v) is 6.17. The summed E-state index contributed by atoms with van der Waals surface area (Å²) in [5, 5.41) is 13.0. The lowest BCUT2D eigenvalue weighted by molar-refractivity contribution is 0.176. The molecule has 126 valence electrons. The average molecular weight is 347 g/mol. The normalized spacial score (nSPS) is 16.9. The van der Waals surface area contributed by atoms with Gasteiger partial charge in [-0.3, -0.25) is 0 Å². The fourth-order valence-electron chi connectivity index (χ4n) is 2.60. The number of ether oxygens (including phenoxy) is 1. The Balaban J connectivity index is 1.65. The van der Waals surface area contributed by atoms with E-state index in [2.05, 4.69) is 5.32 Å². The minimum atomic E-state index is -0.440. The standard InChI is InChI=1S/C18H19ClN2O3/c19-14-5-3-4-13(10-14)12-24-17-7-2-1-6-16(17)20-18(23)21-9-8-15(22)11-21/h1-7,10,15,22H,8-9,11-12H2,(H,20,23)/t15-/m0/s1. The van der Waals surface area contributed by atoms with E-state index in [1.54, 1.807) is 17.0 Å². The number of aliphatic hydroxyl groups excluding tert-OH is 1.